The van der Waals surface area contributed by atoms with Gasteiger partial charge in [0.15, 0.2) is 5.60 Å². The molecule has 4 nitrogen and oxygen atoms in total. The summed E-state index contributed by atoms with van der Waals surface area (Å²) in [5.74, 6) is 0.159. The minimum absolute atomic E-state index is 0.0754. The van der Waals surface area contributed by atoms with Crippen molar-refractivity contribution in [3.05, 3.63) is 94.1 Å². The van der Waals surface area contributed by atoms with E-state index < -0.39 is 5.60 Å². The molecule has 0 bridgehead atoms. The largest absolute Gasteiger partial charge is 0.461 e. The maximum absolute atomic E-state index is 13.1. The van der Waals surface area contributed by atoms with Crippen LogP contribution in [0.2, 0.25) is 10.2 Å². The van der Waals surface area contributed by atoms with Crippen molar-refractivity contribution in [1.29, 1.82) is 0 Å². The Balaban J connectivity index is 1.76. The molecule has 0 aliphatic carbocycles. The second kappa shape index (κ2) is 10.2. The van der Waals surface area contributed by atoms with Crippen LogP contribution < -0.4 is 10.1 Å². The summed E-state index contributed by atoms with van der Waals surface area (Å²) in [6.07, 6.45) is 0.764. The lowest BCUT2D eigenvalue weighted by Gasteiger charge is -2.30. The van der Waals surface area contributed by atoms with E-state index in [0.29, 0.717) is 16.1 Å². The van der Waals surface area contributed by atoms with Crippen LogP contribution in [-0.2, 0) is 11.2 Å². The lowest BCUT2D eigenvalue weighted by Crippen LogP contribution is -2.51. The van der Waals surface area contributed by atoms with Crippen molar-refractivity contribution in [3.8, 4) is 5.88 Å². The number of pyridine rings is 1. The van der Waals surface area contributed by atoms with Gasteiger partial charge in [0.05, 0.1) is 0 Å². The molecule has 0 saturated heterocycles. The van der Waals surface area contributed by atoms with E-state index >= 15 is 0 Å². The first-order chi connectivity index (χ1) is 14.7. The Bertz CT molecular complexity index is 1010. The molecule has 0 aliphatic heterocycles. The quantitative estimate of drug-likeness (QED) is 0.418. The van der Waals surface area contributed by atoms with Crippen molar-refractivity contribution in [3.63, 3.8) is 0 Å². The second-order valence-corrected chi connectivity index (χ2v) is 8.84. The lowest BCUT2D eigenvalue weighted by molar-refractivity contribution is -0.135. The van der Waals surface area contributed by atoms with Crippen LogP contribution in [0.5, 0.6) is 5.88 Å². The number of benzene rings is 2. The van der Waals surface area contributed by atoms with Gasteiger partial charge in [0, 0.05) is 23.0 Å². The number of hydrogen-bond donors (Lipinski definition) is 1. The lowest BCUT2D eigenvalue weighted by atomic mass is 9.86. The molecule has 0 aliphatic rings. The Morgan fingerprint density at radius 2 is 1.68 bits per heavy atom. The highest BCUT2D eigenvalue weighted by atomic mass is 35.5. The highest BCUT2D eigenvalue weighted by molar-refractivity contribution is 6.30. The fourth-order valence-corrected chi connectivity index (χ4v) is 3.68. The summed E-state index contributed by atoms with van der Waals surface area (Å²) in [5.41, 5.74) is 1.19. The number of carbonyl (C=O) groups excluding carboxylic acids is 1. The third-order valence-corrected chi connectivity index (χ3v) is 5.62. The van der Waals surface area contributed by atoms with E-state index in [4.69, 9.17) is 27.9 Å². The van der Waals surface area contributed by atoms with Gasteiger partial charge in [0.25, 0.3) is 5.91 Å². The van der Waals surface area contributed by atoms with Gasteiger partial charge in [0.2, 0.25) is 5.88 Å². The normalized spacial score (nSPS) is 13.3. The van der Waals surface area contributed by atoms with Gasteiger partial charge in [-0.25, -0.2) is 4.98 Å². The number of ether oxygens (including phenoxy) is 1. The second-order valence-electron chi connectivity index (χ2n) is 8.02. The van der Waals surface area contributed by atoms with Crippen LogP contribution >= 0.6 is 23.2 Å². The number of carbonyl (C=O) groups is 1. The molecule has 1 aromatic heterocycles. The first-order valence-corrected chi connectivity index (χ1v) is 10.9. The van der Waals surface area contributed by atoms with Crippen molar-refractivity contribution in [2.75, 3.05) is 0 Å². The van der Waals surface area contributed by atoms with E-state index in [2.05, 4.69) is 22.4 Å². The Morgan fingerprint density at radius 3 is 2.32 bits per heavy atom. The van der Waals surface area contributed by atoms with E-state index in [-0.39, 0.29) is 17.9 Å². The SMILES string of the molecule is C[C@H](NC(=O)C(C)(C)Oc1cccc(Cl)n1)[C@@H](Cc1ccc(Cl)cc1)c1ccccc1. The minimum atomic E-state index is -1.12. The molecule has 162 valence electrons. The van der Waals surface area contributed by atoms with Crippen LogP contribution in [-0.4, -0.2) is 22.5 Å². The molecular formula is C25H26Cl2N2O2. The average molecular weight is 457 g/mol. The predicted molar refractivity (Wildman–Crippen MR) is 126 cm³/mol. The van der Waals surface area contributed by atoms with Gasteiger partial charge in [-0.3, -0.25) is 4.79 Å². The molecule has 3 rings (SSSR count). The molecule has 2 atom stereocenters. The Morgan fingerprint density at radius 1 is 1.00 bits per heavy atom. The molecule has 31 heavy (non-hydrogen) atoms. The third-order valence-electron chi connectivity index (χ3n) is 5.16. The molecule has 0 unspecified atom stereocenters. The number of rotatable bonds is 8. The van der Waals surface area contributed by atoms with Crippen LogP contribution in [0.15, 0.2) is 72.8 Å². The van der Waals surface area contributed by atoms with E-state index in [9.17, 15) is 4.79 Å². The van der Waals surface area contributed by atoms with Crippen LogP contribution in [0.1, 0.15) is 37.8 Å². The van der Waals surface area contributed by atoms with Crippen LogP contribution in [0.25, 0.3) is 0 Å². The topological polar surface area (TPSA) is 51.2 Å². The minimum Gasteiger partial charge on any atom is -0.461 e. The van der Waals surface area contributed by atoms with E-state index in [1.54, 1.807) is 32.0 Å². The smallest absolute Gasteiger partial charge is 0.263 e. The Labute approximate surface area is 193 Å². The summed E-state index contributed by atoms with van der Waals surface area (Å²) in [6, 6.07) is 22.9. The number of halogens is 2. The zero-order valence-electron chi connectivity index (χ0n) is 17.8. The fraction of sp³-hybridized carbons (Fsp3) is 0.280. The maximum Gasteiger partial charge on any atom is 0.263 e. The van der Waals surface area contributed by atoms with E-state index in [1.807, 2.05) is 49.4 Å². The molecule has 6 heteroatoms. The fourth-order valence-electron chi connectivity index (χ4n) is 3.39. The standard InChI is InChI=1S/C25H26Cl2N2O2/c1-17(28-24(30)25(2,3)31-23-11-7-10-22(27)29-23)21(19-8-5-4-6-9-19)16-18-12-14-20(26)15-13-18/h4-15,17,21H,16H2,1-3H3,(H,28,30)/t17-,21+/m0/s1. The van der Waals surface area contributed by atoms with Crippen molar-refractivity contribution < 1.29 is 9.53 Å². The number of nitrogens with one attached hydrogen (secondary N) is 1. The summed E-state index contributed by atoms with van der Waals surface area (Å²) in [5, 5.41) is 4.15. The Hall–Kier alpha value is -2.56. The monoisotopic (exact) mass is 456 g/mol. The molecule has 1 N–H and O–H groups in total. The first-order valence-electron chi connectivity index (χ1n) is 10.2. The third kappa shape index (κ3) is 6.46. The van der Waals surface area contributed by atoms with Gasteiger partial charge >= 0.3 is 0 Å². The van der Waals surface area contributed by atoms with Crippen LogP contribution in [0, 0.1) is 0 Å². The number of aromatic nitrogens is 1. The summed E-state index contributed by atoms with van der Waals surface area (Å²) in [6.45, 7) is 5.45. The van der Waals surface area contributed by atoms with Crippen LogP contribution in [0.4, 0.5) is 0 Å². The molecule has 0 radical (unpaired) electrons. The van der Waals surface area contributed by atoms with Gasteiger partial charge in [-0.2, -0.15) is 0 Å². The molecule has 3 aromatic rings. The van der Waals surface area contributed by atoms with Gasteiger partial charge < -0.3 is 10.1 Å². The first kappa shape index (κ1) is 23.1. The van der Waals surface area contributed by atoms with E-state index in [0.717, 1.165) is 17.5 Å². The highest BCUT2D eigenvalue weighted by Gasteiger charge is 2.33. The van der Waals surface area contributed by atoms with Crippen LogP contribution in [0.3, 0.4) is 0 Å². The molecule has 0 saturated carbocycles. The van der Waals surface area contributed by atoms with Crippen molar-refractivity contribution in [1.82, 2.24) is 10.3 Å². The Kier molecular flexibility index (Phi) is 7.58. The molecule has 0 fully saturated rings. The van der Waals surface area contributed by atoms with Crippen molar-refractivity contribution in [2.45, 2.75) is 44.8 Å². The number of hydrogen-bond acceptors (Lipinski definition) is 3. The zero-order chi connectivity index (χ0) is 22.4. The summed E-state index contributed by atoms with van der Waals surface area (Å²) in [7, 11) is 0. The summed E-state index contributed by atoms with van der Waals surface area (Å²) < 4.78 is 5.84. The average Bonchev–Trinajstić information content (AvgIpc) is 2.73. The van der Waals surface area contributed by atoms with Gasteiger partial charge in [-0.1, -0.05) is 71.7 Å². The summed E-state index contributed by atoms with van der Waals surface area (Å²) >= 11 is 12.0. The van der Waals surface area contributed by atoms with E-state index in [1.165, 1.54) is 0 Å². The van der Waals surface area contributed by atoms with Crippen molar-refractivity contribution >= 4 is 29.1 Å². The van der Waals surface area contributed by atoms with Crippen molar-refractivity contribution in [2.24, 2.45) is 0 Å². The van der Waals surface area contributed by atoms with Gasteiger partial charge in [0.1, 0.15) is 5.15 Å². The molecule has 2 aromatic carbocycles. The molecule has 1 heterocycles. The summed E-state index contributed by atoms with van der Waals surface area (Å²) in [4.78, 5) is 17.2. The highest BCUT2D eigenvalue weighted by Crippen LogP contribution is 2.26. The number of amides is 1. The predicted octanol–water partition coefficient (Wildman–Crippen LogP) is 6.08. The molecule has 0 spiro atoms. The molecule has 1 amide bonds. The van der Waals surface area contributed by atoms with Gasteiger partial charge in [-0.15, -0.1) is 0 Å². The van der Waals surface area contributed by atoms with Gasteiger partial charge in [-0.05, 0) is 56.5 Å². The maximum atomic E-state index is 13.1. The zero-order valence-corrected chi connectivity index (χ0v) is 19.3. The molecular weight excluding hydrogens is 431 g/mol. The number of nitrogens with zero attached hydrogens (tertiary/aromatic N) is 1.